The van der Waals surface area contributed by atoms with Crippen LogP contribution in [0.1, 0.15) is 42.9 Å². The summed E-state index contributed by atoms with van der Waals surface area (Å²) in [4.78, 5) is 21.5. The molecule has 0 spiro atoms. The highest BCUT2D eigenvalue weighted by Gasteiger charge is 2.34. The highest BCUT2D eigenvalue weighted by atomic mass is 16.5. The van der Waals surface area contributed by atoms with Gasteiger partial charge in [-0.15, -0.1) is 0 Å². The fraction of sp³-hybridized carbons (Fsp3) is 0.684. The second kappa shape index (κ2) is 8.08. The lowest BCUT2D eigenvalue weighted by Gasteiger charge is -2.33. The molecule has 1 fully saturated rings. The van der Waals surface area contributed by atoms with E-state index in [0.29, 0.717) is 6.10 Å². The largest absolute Gasteiger partial charge is 0.378 e. The van der Waals surface area contributed by atoms with E-state index in [9.17, 15) is 4.79 Å². The molecule has 1 atom stereocenters. The summed E-state index contributed by atoms with van der Waals surface area (Å²) < 4.78 is 5.97. The molecule has 2 heterocycles. The summed E-state index contributed by atoms with van der Waals surface area (Å²) in [5.41, 5.74) is 2.25. The minimum atomic E-state index is -0.0289. The van der Waals surface area contributed by atoms with Crippen molar-refractivity contribution in [3.05, 3.63) is 29.6 Å². The topological polar surface area (TPSA) is 45.7 Å². The summed E-state index contributed by atoms with van der Waals surface area (Å²) in [6, 6.07) is 4.06. The number of amides is 1. The van der Waals surface area contributed by atoms with Crippen molar-refractivity contribution in [2.24, 2.45) is 0 Å². The van der Waals surface area contributed by atoms with Crippen LogP contribution in [0.3, 0.4) is 0 Å². The van der Waals surface area contributed by atoms with Crippen molar-refractivity contribution in [2.75, 3.05) is 40.3 Å². The van der Waals surface area contributed by atoms with Gasteiger partial charge in [-0.2, -0.15) is 0 Å². The van der Waals surface area contributed by atoms with Crippen molar-refractivity contribution in [3.63, 3.8) is 0 Å². The van der Waals surface area contributed by atoms with E-state index in [1.807, 2.05) is 11.0 Å². The SMILES string of the molecule is CN(C)CCCOC1CCN(C(=O)C2CCc3cccnc32)CC1. The van der Waals surface area contributed by atoms with E-state index in [1.165, 1.54) is 5.56 Å². The van der Waals surface area contributed by atoms with E-state index in [2.05, 4.69) is 30.0 Å². The zero-order chi connectivity index (χ0) is 16.9. The molecule has 1 aromatic rings. The lowest BCUT2D eigenvalue weighted by molar-refractivity contribution is -0.135. The Morgan fingerprint density at radius 2 is 2.12 bits per heavy atom. The molecule has 24 heavy (non-hydrogen) atoms. The van der Waals surface area contributed by atoms with Gasteiger partial charge in [-0.25, -0.2) is 0 Å². The lowest BCUT2D eigenvalue weighted by atomic mass is 10.0. The van der Waals surface area contributed by atoms with Crippen LogP contribution in [-0.4, -0.2) is 67.1 Å². The van der Waals surface area contributed by atoms with E-state index in [0.717, 1.165) is 64.0 Å². The van der Waals surface area contributed by atoms with Gasteiger partial charge in [0, 0.05) is 25.9 Å². The molecule has 1 aliphatic carbocycles. The average molecular weight is 331 g/mol. The molecule has 0 aromatic carbocycles. The summed E-state index contributed by atoms with van der Waals surface area (Å²) in [5, 5.41) is 0. The Hall–Kier alpha value is -1.46. The maximum Gasteiger partial charge on any atom is 0.231 e. The quantitative estimate of drug-likeness (QED) is 0.749. The molecule has 0 bridgehead atoms. The lowest BCUT2D eigenvalue weighted by Crippen LogP contribution is -2.43. The number of carbonyl (C=O) groups is 1. The normalized spacial score (nSPS) is 21.3. The van der Waals surface area contributed by atoms with Crippen molar-refractivity contribution in [2.45, 2.75) is 44.1 Å². The molecule has 1 aromatic heterocycles. The van der Waals surface area contributed by atoms with Crippen molar-refractivity contribution in [1.29, 1.82) is 0 Å². The smallest absolute Gasteiger partial charge is 0.231 e. The van der Waals surface area contributed by atoms with Gasteiger partial charge in [0.15, 0.2) is 0 Å². The summed E-state index contributed by atoms with van der Waals surface area (Å²) in [6.07, 6.45) is 6.97. The number of nitrogens with zero attached hydrogens (tertiary/aromatic N) is 3. The van der Waals surface area contributed by atoms with Crippen LogP contribution in [0, 0.1) is 0 Å². The maximum atomic E-state index is 12.8. The van der Waals surface area contributed by atoms with Crippen molar-refractivity contribution >= 4 is 5.91 Å². The van der Waals surface area contributed by atoms with Crippen molar-refractivity contribution in [3.8, 4) is 0 Å². The zero-order valence-electron chi connectivity index (χ0n) is 14.9. The fourth-order valence-corrected chi connectivity index (χ4v) is 3.75. The Morgan fingerprint density at radius 3 is 2.88 bits per heavy atom. The van der Waals surface area contributed by atoms with Crippen LogP contribution in [0.4, 0.5) is 0 Å². The number of piperidine rings is 1. The van der Waals surface area contributed by atoms with E-state index >= 15 is 0 Å². The molecule has 1 aliphatic heterocycles. The number of likely N-dealkylation sites (tertiary alicyclic amines) is 1. The Kier molecular flexibility index (Phi) is 5.85. The number of ether oxygens (including phenoxy) is 1. The molecule has 0 radical (unpaired) electrons. The highest BCUT2D eigenvalue weighted by molar-refractivity contribution is 5.84. The maximum absolute atomic E-state index is 12.8. The summed E-state index contributed by atoms with van der Waals surface area (Å²) >= 11 is 0. The average Bonchev–Trinajstić information content (AvgIpc) is 3.02. The third-order valence-corrected chi connectivity index (χ3v) is 5.11. The molecule has 3 rings (SSSR count). The predicted molar refractivity (Wildman–Crippen MR) is 94.0 cm³/mol. The molecular formula is C19H29N3O2. The molecule has 0 N–H and O–H groups in total. The number of aromatic nitrogens is 1. The highest BCUT2D eigenvalue weighted by Crippen LogP contribution is 2.33. The van der Waals surface area contributed by atoms with Gasteiger partial charge in [0.25, 0.3) is 0 Å². The molecule has 1 unspecified atom stereocenters. The molecular weight excluding hydrogens is 302 g/mol. The summed E-state index contributed by atoms with van der Waals surface area (Å²) in [7, 11) is 4.17. The standard InChI is InChI=1S/C19H29N3O2/c1-21(2)11-4-14-24-16-8-12-22(13-9-16)19(23)17-7-6-15-5-3-10-20-18(15)17/h3,5,10,16-17H,4,6-9,11-14H2,1-2H3. The monoisotopic (exact) mass is 331 g/mol. The van der Waals surface area contributed by atoms with Crippen molar-refractivity contribution in [1.82, 2.24) is 14.8 Å². The number of rotatable bonds is 6. The van der Waals surface area contributed by atoms with Crippen molar-refractivity contribution < 1.29 is 9.53 Å². The first-order valence-electron chi connectivity index (χ1n) is 9.14. The second-order valence-electron chi connectivity index (χ2n) is 7.19. The third-order valence-electron chi connectivity index (χ3n) is 5.11. The molecule has 1 amide bonds. The fourth-order valence-electron chi connectivity index (χ4n) is 3.75. The number of fused-ring (bicyclic) bond motifs is 1. The summed E-state index contributed by atoms with van der Waals surface area (Å²) in [5.74, 6) is 0.234. The molecule has 2 aliphatic rings. The number of hydrogen-bond acceptors (Lipinski definition) is 4. The Labute approximate surface area is 145 Å². The first-order valence-corrected chi connectivity index (χ1v) is 9.14. The second-order valence-corrected chi connectivity index (χ2v) is 7.19. The number of hydrogen-bond donors (Lipinski definition) is 0. The van der Waals surface area contributed by atoms with E-state index < -0.39 is 0 Å². The number of aryl methyl sites for hydroxylation is 1. The van der Waals surface area contributed by atoms with Gasteiger partial charge in [-0.1, -0.05) is 6.07 Å². The van der Waals surface area contributed by atoms with Crippen LogP contribution in [0.5, 0.6) is 0 Å². The van der Waals surface area contributed by atoms with Crippen LogP contribution in [0.2, 0.25) is 0 Å². The molecule has 5 heteroatoms. The van der Waals surface area contributed by atoms with Crippen LogP contribution >= 0.6 is 0 Å². The van der Waals surface area contributed by atoms with Gasteiger partial charge in [0.1, 0.15) is 0 Å². The third kappa shape index (κ3) is 4.14. The predicted octanol–water partition coefficient (Wildman–Crippen LogP) is 2.07. The minimum Gasteiger partial charge on any atom is -0.378 e. The van der Waals surface area contributed by atoms with Gasteiger partial charge >= 0.3 is 0 Å². The minimum absolute atomic E-state index is 0.0289. The molecule has 132 valence electrons. The number of carbonyl (C=O) groups excluding carboxylic acids is 1. The van der Waals surface area contributed by atoms with Crippen LogP contribution in [0.15, 0.2) is 18.3 Å². The molecule has 1 saturated heterocycles. The van der Waals surface area contributed by atoms with E-state index in [-0.39, 0.29) is 11.8 Å². The number of pyridine rings is 1. The Morgan fingerprint density at radius 1 is 1.33 bits per heavy atom. The van der Waals surface area contributed by atoms with Gasteiger partial charge in [-0.05, 0) is 64.4 Å². The van der Waals surface area contributed by atoms with Crippen LogP contribution in [-0.2, 0) is 16.0 Å². The summed E-state index contributed by atoms with van der Waals surface area (Å²) in [6.45, 7) is 3.51. The molecule has 0 saturated carbocycles. The van der Waals surface area contributed by atoms with Gasteiger partial charge in [0.2, 0.25) is 5.91 Å². The van der Waals surface area contributed by atoms with Gasteiger partial charge < -0.3 is 14.5 Å². The van der Waals surface area contributed by atoms with Crippen LogP contribution < -0.4 is 0 Å². The van der Waals surface area contributed by atoms with Crippen LogP contribution in [0.25, 0.3) is 0 Å². The van der Waals surface area contributed by atoms with E-state index in [4.69, 9.17) is 4.74 Å². The first-order chi connectivity index (χ1) is 11.6. The van der Waals surface area contributed by atoms with E-state index in [1.54, 1.807) is 6.20 Å². The van der Waals surface area contributed by atoms with Gasteiger partial charge in [0.05, 0.1) is 17.7 Å². The Bertz CT molecular complexity index is 553. The Balaban J connectivity index is 1.44. The zero-order valence-corrected chi connectivity index (χ0v) is 14.9. The first kappa shape index (κ1) is 17.4. The molecule has 5 nitrogen and oxygen atoms in total. The van der Waals surface area contributed by atoms with Gasteiger partial charge in [-0.3, -0.25) is 9.78 Å².